The topological polar surface area (TPSA) is 120 Å². The molecule has 0 unspecified atom stereocenters. The maximum Gasteiger partial charge on any atom is 0.434 e. The van der Waals surface area contributed by atoms with Gasteiger partial charge in [-0.05, 0) is 30.2 Å². The minimum atomic E-state index is -4.92. The third kappa shape index (κ3) is 5.99. The number of alkyl halides is 3. The number of anilines is 2. The first-order valence-corrected chi connectivity index (χ1v) is 9.97. The highest BCUT2D eigenvalue weighted by Gasteiger charge is 2.41. The number of hydrogen-bond donors (Lipinski definition) is 2. The third-order valence-corrected chi connectivity index (χ3v) is 4.25. The van der Waals surface area contributed by atoms with E-state index in [0.29, 0.717) is 4.68 Å². The lowest BCUT2D eigenvalue weighted by molar-refractivity contribution is -0.143. The number of amides is 2. The molecule has 0 spiro atoms. The van der Waals surface area contributed by atoms with E-state index in [0.717, 1.165) is 6.20 Å². The Kier molecular flexibility index (Phi) is 7.34. The molecule has 0 saturated heterocycles. The molecule has 180 valence electrons. The molecular formula is C21H21F3N6O4. The maximum atomic E-state index is 13.8. The van der Waals surface area contributed by atoms with E-state index >= 15 is 0 Å². The van der Waals surface area contributed by atoms with Crippen molar-refractivity contribution in [3.05, 3.63) is 53.9 Å². The Morgan fingerprint density at radius 3 is 2.38 bits per heavy atom. The van der Waals surface area contributed by atoms with Crippen molar-refractivity contribution in [3.63, 3.8) is 0 Å². The number of nitrogens with one attached hydrogen (secondary N) is 2. The van der Waals surface area contributed by atoms with Crippen molar-refractivity contribution in [2.45, 2.75) is 20.0 Å². The molecule has 2 N–H and O–H groups in total. The van der Waals surface area contributed by atoms with Crippen molar-refractivity contribution >= 4 is 23.4 Å². The number of methoxy groups -OCH3 is 1. The van der Waals surface area contributed by atoms with Gasteiger partial charge in [0.1, 0.15) is 0 Å². The number of halogens is 3. The second-order valence-corrected chi connectivity index (χ2v) is 7.40. The molecular weight excluding hydrogens is 457 g/mol. The highest BCUT2D eigenvalue weighted by Crippen LogP contribution is 2.33. The van der Waals surface area contributed by atoms with E-state index in [2.05, 4.69) is 25.9 Å². The fourth-order valence-corrected chi connectivity index (χ4v) is 2.77. The van der Waals surface area contributed by atoms with Gasteiger partial charge in [0.25, 0.3) is 5.91 Å². The molecule has 13 heteroatoms. The zero-order valence-corrected chi connectivity index (χ0v) is 18.4. The van der Waals surface area contributed by atoms with Crippen LogP contribution in [0, 0.1) is 5.92 Å². The highest BCUT2D eigenvalue weighted by molar-refractivity contribution is 6.05. The molecule has 1 aromatic carbocycles. The monoisotopic (exact) mass is 478 g/mol. The molecule has 34 heavy (non-hydrogen) atoms. The Morgan fingerprint density at radius 1 is 1.09 bits per heavy atom. The molecule has 0 bridgehead atoms. The van der Waals surface area contributed by atoms with Gasteiger partial charge in [0, 0.05) is 17.4 Å². The standard InChI is InChI=1S/C21H21F3N6O4/c1-12(2)11-34-20(32)27-14-6-4-5-13(9-14)26-19(31)15-10-25-30(18(15)21(22,23)24)16-7-8-17(33-3)29-28-16/h4-10,12H,11H2,1-3H3,(H,26,31)(H,27,32). The van der Waals surface area contributed by atoms with Gasteiger partial charge in [-0.3, -0.25) is 10.1 Å². The van der Waals surface area contributed by atoms with Crippen LogP contribution in [0.15, 0.2) is 42.6 Å². The summed E-state index contributed by atoms with van der Waals surface area (Å²) in [4.78, 5) is 24.5. The number of hydrogen-bond acceptors (Lipinski definition) is 7. The van der Waals surface area contributed by atoms with Gasteiger partial charge >= 0.3 is 12.3 Å². The molecule has 0 saturated carbocycles. The molecule has 2 aromatic heterocycles. The maximum absolute atomic E-state index is 13.8. The Bertz CT molecular complexity index is 1160. The van der Waals surface area contributed by atoms with E-state index in [9.17, 15) is 22.8 Å². The quantitative estimate of drug-likeness (QED) is 0.523. The van der Waals surface area contributed by atoms with Gasteiger partial charge in [0.2, 0.25) is 5.88 Å². The summed E-state index contributed by atoms with van der Waals surface area (Å²) in [5.41, 5.74) is -1.61. The first-order valence-electron chi connectivity index (χ1n) is 9.97. The normalized spacial score (nSPS) is 11.3. The van der Waals surface area contributed by atoms with Crippen LogP contribution in [0.4, 0.5) is 29.3 Å². The molecule has 2 amide bonds. The fourth-order valence-electron chi connectivity index (χ4n) is 2.77. The van der Waals surface area contributed by atoms with Crippen LogP contribution in [0.1, 0.15) is 29.9 Å². The average Bonchev–Trinajstić information content (AvgIpc) is 3.24. The van der Waals surface area contributed by atoms with Gasteiger partial charge < -0.3 is 14.8 Å². The Morgan fingerprint density at radius 2 is 1.79 bits per heavy atom. The summed E-state index contributed by atoms with van der Waals surface area (Å²) in [5.74, 6) is -1.06. The van der Waals surface area contributed by atoms with E-state index in [1.165, 1.54) is 43.5 Å². The van der Waals surface area contributed by atoms with Crippen LogP contribution < -0.4 is 15.4 Å². The molecule has 3 rings (SSSR count). The largest absolute Gasteiger partial charge is 0.480 e. The molecule has 0 aliphatic heterocycles. The summed E-state index contributed by atoms with van der Waals surface area (Å²) >= 11 is 0. The number of benzene rings is 1. The number of carbonyl (C=O) groups excluding carboxylic acids is 2. The summed E-state index contributed by atoms with van der Waals surface area (Å²) in [6.07, 6.45) is -4.83. The van der Waals surface area contributed by atoms with E-state index in [4.69, 9.17) is 9.47 Å². The van der Waals surface area contributed by atoms with Crippen LogP contribution in [0.2, 0.25) is 0 Å². The van der Waals surface area contributed by atoms with Crippen molar-refractivity contribution in [1.29, 1.82) is 0 Å². The van der Waals surface area contributed by atoms with Crippen LogP contribution in [-0.2, 0) is 10.9 Å². The van der Waals surface area contributed by atoms with Crippen molar-refractivity contribution in [2.24, 2.45) is 5.92 Å². The van der Waals surface area contributed by atoms with E-state index in [1.54, 1.807) is 0 Å². The Balaban J connectivity index is 1.82. The zero-order chi connectivity index (χ0) is 24.9. The van der Waals surface area contributed by atoms with Gasteiger partial charge in [0.15, 0.2) is 11.5 Å². The Labute approximate surface area is 192 Å². The molecule has 0 fully saturated rings. The summed E-state index contributed by atoms with van der Waals surface area (Å²) in [6, 6.07) is 8.41. The van der Waals surface area contributed by atoms with Crippen molar-refractivity contribution in [1.82, 2.24) is 20.0 Å². The first-order chi connectivity index (χ1) is 16.1. The molecule has 2 heterocycles. The predicted molar refractivity (Wildman–Crippen MR) is 115 cm³/mol. The minimum absolute atomic E-state index is 0.101. The van der Waals surface area contributed by atoms with Gasteiger partial charge in [-0.25, -0.2) is 9.48 Å². The highest BCUT2D eigenvalue weighted by atomic mass is 19.4. The number of ether oxygens (including phenoxy) is 2. The average molecular weight is 478 g/mol. The molecule has 0 aliphatic carbocycles. The van der Waals surface area contributed by atoms with Gasteiger partial charge in [-0.15, -0.1) is 10.2 Å². The van der Waals surface area contributed by atoms with Crippen LogP contribution in [-0.4, -0.2) is 45.7 Å². The zero-order valence-electron chi connectivity index (χ0n) is 18.4. The second kappa shape index (κ2) is 10.2. The number of carbonyl (C=O) groups is 2. The van der Waals surface area contributed by atoms with Crippen molar-refractivity contribution in [3.8, 4) is 11.7 Å². The Hall–Kier alpha value is -4.16. The van der Waals surface area contributed by atoms with Crippen LogP contribution in [0.25, 0.3) is 5.82 Å². The van der Waals surface area contributed by atoms with E-state index in [1.807, 2.05) is 13.8 Å². The lowest BCUT2D eigenvalue weighted by atomic mass is 10.2. The first kappa shape index (κ1) is 24.5. The molecule has 0 atom stereocenters. The minimum Gasteiger partial charge on any atom is -0.480 e. The van der Waals surface area contributed by atoms with Gasteiger partial charge in [0.05, 0.1) is 25.5 Å². The third-order valence-electron chi connectivity index (χ3n) is 4.25. The van der Waals surface area contributed by atoms with E-state index < -0.39 is 29.4 Å². The van der Waals surface area contributed by atoms with E-state index in [-0.39, 0.29) is 35.6 Å². The molecule has 3 aromatic rings. The summed E-state index contributed by atoms with van der Waals surface area (Å²) in [7, 11) is 1.33. The second-order valence-electron chi connectivity index (χ2n) is 7.40. The molecule has 10 nitrogen and oxygen atoms in total. The smallest absolute Gasteiger partial charge is 0.434 e. The fraction of sp³-hybridized carbons (Fsp3) is 0.286. The van der Waals surface area contributed by atoms with Crippen molar-refractivity contribution < 1.29 is 32.2 Å². The van der Waals surface area contributed by atoms with Crippen molar-refractivity contribution in [2.75, 3.05) is 24.4 Å². The van der Waals surface area contributed by atoms with Gasteiger partial charge in [-0.1, -0.05) is 19.9 Å². The summed E-state index contributed by atoms with van der Waals surface area (Å²) < 4.78 is 51.8. The number of rotatable bonds is 7. The summed E-state index contributed by atoms with van der Waals surface area (Å²) in [5, 5.41) is 15.8. The number of nitrogens with zero attached hydrogens (tertiary/aromatic N) is 4. The van der Waals surface area contributed by atoms with Gasteiger partial charge in [-0.2, -0.15) is 18.3 Å². The molecule has 0 radical (unpaired) electrons. The van der Waals surface area contributed by atoms with Crippen LogP contribution in [0.5, 0.6) is 5.88 Å². The van der Waals surface area contributed by atoms with Crippen LogP contribution >= 0.6 is 0 Å². The lowest BCUT2D eigenvalue weighted by Gasteiger charge is -2.13. The summed E-state index contributed by atoms with van der Waals surface area (Å²) in [6.45, 7) is 3.97. The molecule has 0 aliphatic rings. The predicted octanol–water partition coefficient (Wildman–Crippen LogP) is 4.15. The lowest BCUT2D eigenvalue weighted by Crippen LogP contribution is -2.21. The van der Waals surface area contributed by atoms with Crippen LogP contribution in [0.3, 0.4) is 0 Å². The number of aromatic nitrogens is 4. The SMILES string of the molecule is COc1ccc(-n2ncc(C(=O)Nc3cccc(NC(=O)OCC(C)C)c3)c2C(F)(F)F)nn1.